The zero-order valence-corrected chi connectivity index (χ0v) is 19.4. The monoisotopic (exact) mass is 394 g/mol. The standard InChI is InChI=1S/C28H42O/c1-18(2)19(3)7-8-20(4)24-11-12-25-23-10-9-21-17-22(29)13-15-27(21,5)26(23)14-16-28(24,25)6/h7-10,18,20,22,24-26,29H,3,11-17H2,1-2,4-6H3/b8-7+/t20-,22-,24+,25+,26+,27+,28-/m0/s1. The SMILES string of the molecule is C=C(/C=C/[C@H](C)[C@H]1CC[C@@H]2C3=CC=C4C[C@@H](O)CC[C@@]4(C)[C@@H]3CC[C@]21C)C(C)C. The summed E-state index contributed by atoms with van der Waals surface area (Å²) in [6.45, 7) is 16.2. The average Bonchev–Trinajstić information content (AvgIpc) is 3.03. The van der Waals surface area contributed by atoms with Crippen molar-refractivity contribution in [3.8, 4) is 0 Å². The minimum atomic E-state index is -0.123. The molecule has 0 radical (unpaired) electrons. The molecular formula is C28H42O. The van der Waals surface area contributed by atoms with Crippen molar-refractivity contribution in [2.75, 3.05) is 0 Å². The smallest absolute Gasteiger partial charge is 0.0578 e. The van der Waals surface area contributed by atoms with Crippen LogP contribution in [0.3, 0.4) is 0 Å². The van der Waals surface area contributed by atoms with Crippen LogP contribution in [0.15, 0.2) is 47.6 Å². The number of hydrogen-bond acceptors (Lipinski definition) is 1. The highest BCUT2D eigenvalue weighted by atomic mass is 16.3. The molecule has 1 nitrogen and oxygen atoms in total. The number of aliphatic hydroxyl groups is 1. The second-order valence-corrected chi connectivity index (χ2v) is 11.5. The molecule has 4 rings (SSSR count). The number of allylic oxidation sites excluding steroid dienone is 6. The van der Waals surface area contributed by atoms with E-state index in [4.69, 9.17) is 0 Å². The molecule has 0 aliphatic heterocycles. The highest BCUT2D eigenvalue weighted by Gasteiger charge is 2.56. The first kappa shape index (κ1) is 21.2. The van der Waals surface area contributed by atoms with Gasteiger partial charge in [0.25, 0.3) is 0 Å². The molecule has 0 aromatic carbocycles. The molecule has 7 atom stereocenters. The van der Waals surface area contributed by atoms with Crippen LogP contribution < -0.4 is 0 Å². The molecule has 4 aliphatic carbocycles. The summed E-state index contributed by atoms with van der Waals surface area (Å²) < 4.78 is 0. The fourth-order valence-electron chi connectivity index (χ4n) is 7.49. The van der Waals surface area contributed by atoms with Gasteiger partial charge in [0.05, 0.1) is 6.10 Å². The fraction of sp³-hybridized carbons (Fsp3) is 0.714. The van der Waals surface area contributed by atoms with Gasteiger partial charge in [-0.15, -0.1) is 0 Å². The molecule has 1 heteroatoms. The largest absolute Gasteiger partial charge is 0.393 e. The van der Waals surface area contributed by atoms with Gasteiger partial charge in [-0.3, -0.25) is 0 Å². The normalized spacial score (nSPS) is 42.7. The molecule has 1 N–H and O–H groups in total. The maximum Gasteiger partial charge on any atom is 0.0578 e. The molecule has 0 spiro atoms. The first-order valence-corrected chi connectivity index (χ1v) is 12.1. The third-order valence-electron chi connectivity index (χ3n) is 9.61. The minimum Gasteiger partial charge on any atom is -0.393 e. The molecule has 0 aromatic heterocycles. The van der Waals surface area contributed by atoms with E-state index in [2.05, 4.69) is 65.5 Å². The summed E-state index contributed by atoms with van der Waals surface area (Å²) in [7, 11) is 0. The van der Waals surface area contributed by atoms with Crippen molar-refractivity contribution in [1.29, 1.82) is 0 Å². The Kier molecular flexibility index (Phi) is 5.52. The lowest BCUT2D eigenvalue weighted by molar-refractivity contribution is 0.0383. The Labute approximate surface area is 179 Å². The van der Waals surface area contributed by atoms with E-state index in [-0.39, 0.29) is 6.10 Å². The zero-order chi connectivity index (χ0) is 21.0. The summed E-state index contributed by atoms with van der Waals surface area (Å²) in [6, 6.07) is 0. The molecule has 160 valence electrons. The van der Waals surface area contributed by atoms with E-state index in [1.165, 1.54) is 36.8 Å². The second-order valence-electron chi connectivity index (χ2n) is 11.5. The van der Waals surface area contributed by atoms with E-state index in [9.17, 15) is 5.11 Å². The van der Waals surface area contributed by atoms with Crippen LogP contribution >= 0.6 is 0 Å². The molecule has 0 aromatic rings. The number of hydrogen-bond donors (Lipinski definition) is 1. The van der Waals surface area contributed by atoms with Gasteiger partial charge in [0.15, 0.2) is 0 Å². The molecule has 29 heavy (non-hydrogen) atoms. The van der Waals surface area contributed by atoms with Gasteiger partial charge in [-0.05, 0) is 85.4 Å². The van der Waals surface area contributed by atoms with Crippen LogP contribution in [0.1, 0.15) is 79.6 Å². The first-order chi connectivity index (χ1) is 13.7. The van der Waals surface area contributed by atoms with Crippen LogP contribution in [0.4, 0.5) is 0 Å². The van der Waals surface area contributed by atoms with Crippen molar-refractivity contribution in [3.63, 3.8) is 0 Å². The molecular weight excluding hydrogens is 352 g/mol. The van der Waals surface area contributed by atoms with Crippen molar-refractivity contribution < 1.29 is 5.11 Å². The van der Waals surface area contributed by atoms with Gasteiger partial charge >= 0.3 is 0 Å². The fourth-order valence-corrected chi connectivity index (χ4v) is 7.49. The Morgan fingerprint density at radius 3 is 2.55 bits per heavy atom. The highest BCUT2D eigenvalue weighted by Crippen LogP contribution is 2.65. The molecule has 4 aliphatic rings. The summed E-state index contributed by atoms with van der Waals surface area (Å²) in [5.74, 6) is 3.38. The summed E-state index contributed by atoms with van der Waals surface area (Å²) in [6.07, 6.45) is 17.9. The molecule has 0 bridgehead atoms. The van der Waals surface area contributed by atoms with E-state index in [0.29, 0.717) is 28.6 Å². The van der Waals surface area contributed by atoms with Gasteiger partial charge in [0, 0.05) is 0 Å². The van der Waals surface area contributed by atoms with Crippen molar-refractivity contribution in [2.24, 2.45) is 40.4 Å². The lowest BCUT2D eigenvalue weighted by Crippen LogP contribution is -2.46. The van der Waals surface area contributed by atoms with Gasteiger partial charge in [-0.1, -0.05) is 82.2 Å². The van der Waals surface area contributed by atoms with E-state index >= 15 is 0 Å². The summed E-state index contributed by atoms with van der Waals surface area (Å²) in [4.78, 5) is 0. The van der Waals surface area contributed by atoms with E-state index in [1.807, 2.05) is 0 Å². The molecule has 0 unspecified atom stereocenters. The van der Waals surface area contributed by atoms with E-state index < -0.39 is 0 Å². The lowest BCUT2D eigenvalue weighted by Gasteiger charge is -2.55. The second kappa shape index (κ2) is 7.56. The highest BCUT2D eigenvalue weighted by molar-refractivity contribution is 5.39. The lowest BCUT2D eigenvalue weighted by atomic mass is 9.50. The summed E-state index contributed by atoms with van der Waals surface area (Å²) >= 11 is 0. The number of fused-ring (bicyclic) bond motifs is 5. The zero-order valence-electron chi connectivity index (χ0n) is 19.4. The molecule has 0 amide bonds. The van der Waals surface area contributed by atoms with E-state index in [0.717, 1.165) is 31.1 Å². The van der Waals surface area contributed by atoms with Crippen molar-refractivity contribution in [1.82, 2.24) is 0 Å². The molecule has 3 fully saturated rings. The third-order valence-corrected chi connectivity index (χ3v) is 9.61. The van der Waals surface area contributed by atoms with Crippen molar-refractivity contribution in [3.05, 3.63) is 47.6 Å². The van der Waals surface area contributed by atoms with Crippen LogP contribution in [0.25, 0.3) is 0 Å². The first-order valence-electron chi connectivity index (χ1n) is 12.1. The maximum absolute atomic E-state index is 10.2. The molecule has 0 heterocycles. The Hall–Kier alpha value is -1.08. The molecule has 3 saturated carbocycles. The van der Waals surface area contributed by atoms with Gasteiger partial charge in [0.1, 0.15) is 0 Å². The molecule has 0 saturated heterocycles. The van der Waals surface area contributed by atoms with Crippen molar-refractivity contribution in [2.45, 2.75) is 85.7 Å². The Balaban J connectivity index is 1.57. The predicted molar refractivity (Wildman–Crippen MR) is 123 cm³/mol. The Morgan fingerprint density at radius 2 is 1.83 bits per heavy atom. The quantitative estimate of drug-likeness (QED) is 0.498. The Bertz CT molecular complexity index is 752. The van der Waals surface area contributed by atoms with E-state index in [1.54, 1.807) is 5.57 Å². The van der Waals surface area contributed by atoms with Gasteiger partial charge in [-0.2, -0.15) is 0 Å². The number of rotatable bonds is 4. The van der Waals surface area contributed by atoms with Gasteiger partial charge in [-0.25, -0.2) is 0 Å². The van der Waals surface area contributed by atoms with Crippen LogP contribution in [0, 0.1) is 40.4 Å². The van der Waals surface area contributed by atoms with Gasteiger partial charge < -0.3 is 5.11 Å². The van der Waals surface area contributed by atoms with Crippen molar-refractivity contribution >= 4 is 0 Å². The predicted octanol–water partition coefficient (Wildman–Crippen LogP) is 7.25. The van der Waals surface area contributed by atoms with Crippen LogP contribution in [0.2, 0.25) is 0 Å². The van der Waals surface area contributed by atoms with Crippen LogP contribution in [0.5, 0.6) is 0 Å². The van der Waals surface area contributed by atoms with Crippen LogP contribution in [-0.4, -0.2) is 11.2 Å². The summed E-state index contributed by atoms with van der Waals surface area (Å²) in [5.41, 5.74) is 5.25. The maximum atomic E-state index is 10.2. The van der Waals surface area contributed by atoms with Crippen LogP contribution in [-0.2, 0) is 0 Å². The minimum absolute atomic E-state index is 0.123. The topological polar surface area (TPSA) is 20.2 Å². The third kappa shape index (κ3) is 3.42. The Morgan fingerprint density at radius 1 is 1.07 bits per heavy atom. The van der Waals surface area contributed by atoms with Gasteiger partial charge in [0.2, 0.25) is 0 Å². The summed E-state index contributed by atoms with van der Waals surface area (Å²) in [5, 5.41) is 10.2. The average molecular weight is 395 g/mol. The number of aliphatic hydroxyl groups excluding tert-OH is 1.